The van der Waals surface area contributed by atoms with E-state index in [2.05, 4.69) is 23.8 Å². The Kier molecular flexibility index (Phi) is 5.95. The van der Waals surface area contributed by atoms with E-state index in [0.717, 1.165) is 16.7 Å². The first-order chi connectivity index (χ1) is 11.7. The minimum absolute atomic E-state index is 0.0886. The second-order valence-corrected chi connectivity index (χ2v) is 7.14. The van der Waals surface area contributed by atoms with Crippen molar-refractivity contribution in [2.75, 3.05) is 13.7 Å². The van der Waals surface area contributed by atoms with Crippen LogP contribution in [0, 0.1) is 17.7 Å². The van der Waals surface area contributed by atoms with Crippen molar-refractivity contribution in [3.8, 4) is 5.88 Å². The molecular formula is C19H28N4O2. The first kappa shape index (κ1) is 19.1. The minimum Gasteiger partial charge on any atom is -0.477 e. The van der Waals surface area contributed by atoms with Crippen LogP contribution in [0.4, 0.5) is 0 Å². The molecule has 0 saturated carbocycles. The van der Waals surface area contributed by atoms with Crippen LogP contribution in [0.5, 0.6) is 5.88 Å². The van der Waals surface area contributed by atoms with Crippen LogP contribution < -0.4 is 10.5 Å². The molecule has 1 aromatic heterocycles. The lowest BCUT2D eigenvalue weighted by atomic mass is 9.88. The van der Waals surface area contributed by atoms with Crippen molar-refractivity contribution >= 4 is 17.6 Å². The summed E-state index contributed by atoms with van der Waals surface area (Å²) in [4.78, 5) is 8.76. The van der Waals surface area contributed by atoms with E-state index in [9.17, 15) is 0 Å². The maximum absolute atomic E-state index is 7.47. The number of dihydropyridines is 1. The van der Waals surface area contributed by atoms with Crippen LogP contribution in [0.1, 0.15) is 38.3 Å². The molecule has 0 aromatic carbocycles. The van der Waals surface area contributed by atoms with Gasteiger partial charge in [-0.1, -0.05) is 19.9 Å². The largest absolute Gasteiger partial charge is 0.477 e. The summed E-state index contributed by atoms with van der Waals surface area (Å²) in [7, 11) is 1.71. The maximum Gasteiger partial charge on any atom is 0.213 e. The number of hydrogen-bond acceptors (Lipinski definition) is 5. The number of amidine groups is 1. The Hall–Kier alpha value is -2.21. The summed E-state index contributed by atoms with van der Waals surface area (Å²) in [6, 6.07) is 1.69. The highest BCUT2D eigenvalue weighted by Gasteiger charge is 2.27. The number of ether oxygens (including phenoxy) is 2. The summed E-state index contributed by atoms with van der Waals surface area (Å²) >= 11 is 0. The average molecular weight is 344 g/mol. The predicted octanol–water partition coefficient (Wildman–Crippen LogP) is 2.99. The Balaban J connectivity index is 2.07. The van der Waals surface area contributed by atoms with E-state index in [4.69, 9.17) is 20.6 Å². The number of aromatic nitrogens is 1. The van der Waals surface area contributed by atoms with Crippen molar-refractivity contribution in [2.24, 2.45) is 16.1 Å². The third-order valence-electron chi connectivity index (χ3n) is 4.76. The van der Waals surface area contributed by atoms with Crippen molar-refractivity contribution in [1.29, 1.82) is 5.41 Å². The molecule has 3 N–H and O–H groups in total. The van der Waals surface area contributed by atoms with E-state index in [0.29, 0.717) is 18.9 Å². The van der Waals surface area contributed by atoms with Crippen molar-refractivity contribution in [2.45, 2.75) is 46.3 Å². The third-order valence-corrected chi connectivity index (χ3v) is 4.76. The van der Waals surface area contributed by atoms with E-state index >= 15 is 0 Å². The fraction of sp³-hybridized carbons (Fsp3) is 0.526. The SMILES string of the molecule is COC(C)C(C)(C)COc1cc(C)c(C2=CCC(C(=N)N)N=C2)cn1. The molecule has 1 aliphatic rings. The normalized spacial score (nSPS) is 18.6. The Morgan fingerprint density at radius 3 is 2.72 bits per heavy atom. The topological polar surface area (TPSA) is 93.6 Å². The van der Waals surface area contributed by atoms with Crippen molar-refractivity contribution in [3.05, 3.63) is 29.5 Å². The van der Waals surface area contributed by atoms with Crippen LogP contribution in [-0.2, 0) is 4.74 Å². The van der Waals surface area contributed by atoms with Crippen molar-refractivity contribution in [1.82, 2.24) is 4.98 Å². The zero-order valence-electron chi connectivity index (χ0n) is 15.7. The van der Waals surface area contributed by atoms with E-state index in [1.807, 2.05) is 32.2 Å². The maximum atomic E-state index is 7.47. The molecule has 25 heavy (non-hydrogen) atoms. The number of nitrogens with zero attached hydrogens (tertiary/aromatic N) is 2. The predicted molar refractivity (Wildman–Crippen MR) is 102 cm³/mol. The Morgan fingerprint density at radius 2 is 2.20 bits per heavy atom. The first-order valence-electron chi connectivity index (χ1n) is 8.44. The van der Waals surface area contributed by atoms with Gasteiger partial charge in [0.15, 0.2) is 0 Å². The van der Waals surface area contributed by atoms with Crippen molar-refractivity contribution < 1.29 is 9.47 Å². The van der Waals surface area contributed by atoms with Gasteiger partial charge in [-0.25, -0.2) is 4.98 Å². The van der Waals surface area contributed by atoms with Crippen LogP contribution in [0.15, 0.2) is 23.3 Å². The quantitative estimate of drug-likeness (QED) is 0.587. The van der Waals surface area contributed by atoms with Gasteiger partial charge in [-0.3, -0.25) is 10.4 Å². The number of allylic oxidation sites excluding steroid dienone is 1. The molecule has 2 heterocycles. The fourth-order valence-electron chi connectivity index (χ4n) is 2.52. The van der Waals surface area contributed by atoms with Gasteiger partial charge < -0.3 is 15.2 Å². The molecule has 0 saturated heterocycles. The van der Waals surface area contributed by atoms with Gasteiger partial charge in [-0.05, 0) is 31.4 Å². The molecule has 136 valence electrons. The molecule has 0 radical (unpaired) electrons. The molecule has 6 heteroatoms. The average Bonchev–Trinajstić information content (AvgIpc) is 2.59. The number of aliphatic imine (C=N–C) groups is 1. The molecule has 2 unspecified atom stereocenters. The fourth-order valence-corrected chi connectivity index (χ4v) is 2.52. The number of methoxy groups -OCH3 is 1. The number of aryl methyl sites for hydroxylation is 1. The van der Waals surface area contributed by atoms with E-state index in [-0.39, 0.29) is 23.4 Å². The summed E-state index contributed by atoms with van der Waals surface area (Å²) < 4.78 is 11.3. The molecular weight excluding hydrogens is 316 g/mol. The Bertz CT molecular complexity index is 695. The highest BCUT2D eigenvalue weighted by molar-refractivity contribution is 6.11. The molecule has 1 aliphatic heterocycles. The number of rotatable bonds is 7. The lowest BCUT2D eigenvalue weighted by Gasteiger charge is -2.30. The standard InChI is InChI=1S/C19H28N4O2/c1-12-8-17(25-11-19(3,4)13(2)24-5)23-10-15(12)14-6-7-16(18(20)21)22-9-14/h6,8-10,13,16H,7,11H2,1-5H3,(H3,20,21). The third kappa shape index (κ3) is 4.66. The molecule has 1 aromatic rings. The van der Waals surface area contributed by atoms with Gasteiger partial charge in [0.25, 0.3) is 0 Å². The van der Waals surface area contributed by atoms with E-state index in [1.54, 1.807) is 13.3 Å². The number of hydrogen-bond donors (Lipinski definition) is 2. The molecule has 6 nitrogen and oxygen atoms in total. The summed E-state index contributed by atoms with van der Waals surface area (Å²) in [5, 5.41) is 7.47. The van der Waals surface area contributed by atoms with Gasteiger partial charge >= 0.3 is 0 Å². The number of nitrogens with one attached hydrogen (secondary N) is 1. The van der Waals surface area contributed by atoms with E-state index in [1.165, 1.54) is 0 Å². The monoisotopic (exact) mass is 344 g/mol. The Labute approximate surface area is 149 Å². The first-order valence-corrected chi connectivity index (χ1v) is 8.44. The summed E-state index contributed by atoms with van der Waals surface area (Å²) in [5.41, 5.74) is 8.48. The van der Waals surface area contributed by atoms with E-state index < -0.39 is 0 Å². The lowest BCUT2D eigenvalue weighted by molar-refractivity contribution is -0.00621. The number of pyridine rings is 1. The molecule has 2 atom stereocenters. The van der Waals surface area contributed by atoms with Crippen LogP contribution in [-0.4, -0.2) is 42.9 Å². The van der Waals surface area contributed by atoms with Gasteiger partial charge in [0, 0.05) is 36.6 Å². The zero-order chi connectivity index (χ0) is 18.6. The van der Waals surface area contributed by atoms with Crippen molar-refractivity contribution in [3.63, 3.8) is 0 Å². The van der Waals surface area contributed by atoms with Gasteiger partial charge in [0.05, 0.1) is 12.7 Å². The summed E-state index contributed by atoms with van der Waals surface area (Å²) in [6.45, 7) is 8.80. The summed E-state index contributed by atoms with van der Waals surface area (Å²) in [5.74, 6) is 0.700. The molecule has 0 spiro atoms. The van der Waals surface area contributed by atoms with Crippen LogP contribution in [0.2, 0.25) is 0 Å². The summed E-state index contributed by atoms with van der Waals surface area (Å²) in [6.07, 6.45) is 6.35. The molecule has 0 amide bonds. The van der Waals surface area contributed by atoms with Crippen LogP contribution in [0.3, 0.4) is 0 Å². The number of nitrogens with two attached hydrogens (primary N) is 1. The molecule has 0 fully saturated rings. The second kappa shape index (κ2) is 7.78. The smallest absolute Gasteiger partial charge is 0.213 e. The zero-order valence-corrected chi connectivity index (χ0v) is 15.7. The highest BCUT2D eigenvalue weighted by Crippen LogP contribution is 2.26. The lowest BCUT2D eigenvalue weighted by Crippen LogP contribution is -2.34. The minimum atomic E-state index is -0.246. The van der Waals surface area contributed by atoms with Gasteiger partial charge in [-0.2, -0.15) is 0 Å². The second-order valence-electron chi connectivity index (χ2n) is 7.14. The highest BCUT2D eigenvalue weighted by atomic mass is 16.5. The van der Waals surface area contributed by atoms with Gasteiger partial charge in [0.2, 0.25) is 5.88 Å². The Morgan fingerprint density at radius 1 is 1.48 bits per heavy atom. The molecule has 0 bridgehead atoms. The van der Waals surface area contributed by atoms with Crippen LogP contribution in [0.25, 0.3) is 5.57 Å². The van der Waals surface area contributed by atoms with Gasteiger partial charge in [0.1, 0.15) is 11.9 Å². The molecule has 2 rings (SSSR count). The van der Waals surface area contributed by atoms with Crippen LogP contribution >= 0.6 is 0 Å². The molecule has 0 aliphatic carbocycles. The van der Waals surface area contributed by atoms with Gasteiger partial charge in [-0.15, -0.1) is 0 Å².